The minimum atomic E-state index is -0.305. The van der Waals surface area contributed by atoms with Gasteiger partial charge in [-0.25, -0.2) is 9.37 Å². The Hall–Kier alpha value is -3.28. The fraction of sp³-hybridized carbons (Fsp3) is 0.348. The van der Waals surface area contributed by atoms with E-state index in [2.05, 4.69) is 27.8 Å². The van der Waals surface area contributed by atoms with E-state index in [0.29, 0.717) is 42.0 Å². The van der Waals surface area contributed by atoms with E-state index in [1.807, 2.05) is 0 Å². The molecule has 31 heavy (non-hydrogen) atoms. The lowest BCUT2D eigenvalue weighted by atomic mass is 10.0. The van der Waals surface area contributed by atoms with Crippen LogP contribution in [0, 0.1) is 17.1 Å². The third-order valence-electron chi connectivity index (χ3n) is 6.03. The van der Waals surface area contributed by atoms with Gasteiger partial charge in [0.25, 0.3) is 5.56 Å². The number of aliphatic hydroxyl groups excluding tert-OH is 1. The summed E-state index contributed by atoms with van der Waals surface area (Å²) in [4.78, 5) is 21.3. The first-order valence-corrected chi connectivity index (χ1v) is 10.2. The number of pyridine rings is 2. The Balaban J connectivity index is 1.65. The van der Waals surface area contributed by atoms with Crippen LogP contribution in [0.5, 0.6) is 0 Å². The molecule has 8 heteroatoms. The number of anilines is 1. The summed E-state index contributed by atoms with van der Waals surface area (Å²) in [6, 6.07) is 13.1. The van der Waals surface area contributed by atoms with E-state index in [9.17, 15) is 19.6 Å². The molecule has 0 saturated carbocycles. The molecule has 0 amide bonds. The van der Waals surface area contributed by atoms with E-state index in [1.54, 1.807) is 37.4 Å². The van der Waals surface area contributed by atoms with Crippen LogP contribution in [0.2, 0.25) is 0 Å². The predicted molar refractivity (Wildman–Crippen MR) is 116 cm³/mol. The number of benzene rings is 1. The molecule has 1 fully saturated rings. The van der Waals surface area contributed by atoms with Gasteiger partial charge in [0.1, 0.15) is 23.1 Å². The van der Waals surface area contributed by atoms with Gasteiger partial charge in [0, 0.05) is 38.8 Å². The van der Waals surface area contributed by atoms with E-state index in [0.717, 1.165) is 5.56 Å². The first kappa shape index (κ1) is 21.0. The van der Waals surface area contributed by atoms with Crippen LogP contribution in [-0.2, 0) is 7.05 Å². The number of fused-ring (bicyclic) bond motifs is 1. The van der Waals surface area contributed by atoms with Crippen LogP contribution in [0.25, 0.3) is 11.0 Å². The SMILES string of the molecule is C[C@@H]1CN(c2cc(=O)n(C)c3ccc(C#N)nc23)CCN1C(CO)c1ccc(F)cc1. The maximum atomic E-state index is 13.3. The Bertz CT molecular complexity index is 1200. The van der Waals surface area contributed by atoms with Crippen molar-refractivity contribution < 1.29 is 9.50 Å². The third-order valence-corrected chi connectivity index (χ3v) is 6.03. The summed E-state index contributed by atoms with van der Waals surface area (Å²) in [7, 11) is 1.69. The Kier molecular flexibility index (Phi) is 5.72. The molecule has 3 heterocycles. The highest BCUT2D eigenvalue weighted by molar-refractivity contribution is 5.88. The van der Waals surface area contributed by atoms with Gasteiger partial charge in [-0.2, -0.15) is 5.26 Å². The van der Waals surface area contributed by atoms with Gasteiger partial charge in [0.2, 0.25) is 0 Å². The van der Waals surface area contributed by atoms with Crippen molar-refractivity contribution in [3.8, 4) is 6.07 Å². The molecule has 2 atom stereocenters. The molecule has 7 nitrogen and oxygen atoms in total. The number of aliphatic hydroxyl groups is 1. The molecule has 2 aromatic heterocycles. The van der Waals surface area contributed by atoms with Gasteiger partial charge < -0.3 is 14.6 Å². The molecule has 1 aliphatic rings. The summed E-state index contributed by atoms with van der Waals surface area (Å²) in [5.41, 5.74) is 3.04. The molecule has 1 unspecified atom stereocenters. The van der Waals surface area contributed by atoms with Gasteiger partial charge in [0.15, 0.2) is 0 Å². The fourth-order valence-corrected chi connectivity index (χ4v) is 4.36. The predicted octanol–water partition coefficient (Wildman–Crippen LogP) is 2.19. The first-order chi connectivity index (χ1) is 14.9. The van der Waals surface area contributed by atoms with Crippen LogP contribution >= 0.6 is 0 Å². The zero-order chi connectivity index (χ0) is 22.1. The molecule has 3 aromatic rings. The third kappa shape index (κ3) is 3.90. The number of nitriles is 1. The van der Waals surface area contributed by atoms with Gasteiger partial charge in [0.05, 0.1) is 23.9 Å². The number of halogens is 1. The van der Waals surface area contributed by atoms with Crippen molar-refractivity contribution >= 4 is 16.7 Å². The summed E-state index contributed by atoms with van der Waals surface area (Å²) >= 11 is 0. The molecular weight excluding hydrogens is 397 g/mol. The largest absolute Gasteiger partial charge is 0.394 e. The molecule has 160 valence electrons. The second-order valence-corrected chi connectivity index (χ2v) is 7.89. The molecule has 0 radical (unpaired) electrons. The quantitative estimate of drug-likeness (QED) is 0.695. The summed E-state index contributed by atoms with van der Waals surface area (Å²) in [6.07, 6.45) is 0. The number of aryl methyl sites for hydroxylation is 1. The van der Waals surface area contributed by atoms with Gasteiger partial charge >= 0.3 is 0 Å². The summed E-state index contributed by atoms with van der Waals surface area (Å²) in [6.45, 7) is 3.90. The summed E-state index contributed by atoms with van der Waals surface area (Å²) < 4.78 is 14.8. The Morgan fingerprint density at radius 3 is 2.65 bits per heavy atom. The van der Waals surface area contributed by atoms with Crippen molar-refractivity contribution in [2.45, 2.75) is 19.0 Å². The number of nitrogens with zero attached hydrogens (tertiary/aromatic N) is 5. The Labute approximate surface area is 179 Å². The van der Waals surface area contributed by atoms with E-state index in [1.165, 1.54) is 16.7 Å². The molecular formula is C23H24FN5O2. The van der Waals surface area contributed by atoms with Crippen molar-refractivity contribution in [2.75, 3.05) is 31.1 Å². The summed E-state index contributed by atoms with van der Waals surface area (Å²) in [5.74, 6) is -0.305. The number of piperazine rings is 1. The van der Waals surface area contributed by atoms with Gasteiger partial charge in [-0.1, -0.05) is 12.1 Å². The fourth-order valence-electron chi connectivity index (χ4n) is 4.36. The minimum absolute atomic E-state index is 0.0641. The zero-order valence-electron chi connectivity index (χ0n) is 17.5. The number of hydrogen-bond donors (Lipinski definition) is 1. The average Bonchev–Trinajstić information content (AvgIpc) is 2.78. The maximum Gasteiger partial charge on any atom is 0.252 e. The smallest absolute Gasteiger partial charge is 0.252 e. The van der Waals surface area contributed by atoms with Crippen LogP contribution in [0.4, 0.5) is 10.1 Å². The first-order valence-electron chi connectivity index (χ1n) is 10.2. The lowest BCUT2D eigenvalue weighted by Crippen LogP contribution is -2.54. The molecule has 1 aromatic carbocycles. The van der Waals surface area contributed by atoms with Gasteiger partial charge in [-0.05, 0) is 36.8 Å². The van der Waals surface area contributed by atoms with Crippen LogP contribution in [0.3, 0.4) is 0 Å². The molecule has 1 saturated heterocycles. The zero-order valence-corrected chi connectivity index (χ0v) is 17.5. The minimum Gasteiger partial charge on any atom is -0.394 e. The number of hydrogen-bond acceptors (Lipinski definition) is 6. The Morgan fingerprint density at radius 2 is 2.00 bits per heavy atom. The normalized spacial score (nSPS) is 18.2. The van der Waals surface area contributed by atoms with Crippen molar-refractivity contribution in [3.05, 3.63) is 69.9 Å². The molecule has 0 spiro atoms. The highest BCUT2D eigenvalue weighted by Crippen LogP contribution is 2.30. The van der Waals surface area contributed by atoms with Crippen molar-refractivity contribution in [2.24, 2.45) is 7.05 Å². The van der Waals surface area contributed by atoms with Gasteiger partial charge in [-0.15, -0.1) is 0 Å². The highest BCUT2D eigenvalue weighted by Gasteiger charge is 2.31. The standard InChI is InChI=1S/C23H24FN5O2/c1-15-13-28(9-10-29(15)21(14-30)16-3-5-17(24)6-4-16)20-11-22(31)27(2)19-8-7-18(12-25)26-23(19)20/h3-8,11,15,21,30H,9-10,13-14H2,1-2H3/t15-,21?/m1/s1. The molecule has 1 aliphatic heterocycles. The van der Waals surface area contributed by atoms with Crippen molar-refractivity contribution in [3.63, 3.8) is 0 Å². The molecule has 0 aliphatic carbocycles. The number of aromatic nitrogens is 2. The van der Waals surface area contributed by atoms with E-state index in [-0.39, 0.29) is 30.1 Å². The second kappa shape index (κ2) is 8.46. The summed E-state index contributed by atoms with van der Waals surface area (Å²) in [5, 5.41) is 19.3. The van der Waals surface area contributed by atoms with Crippen LogP contribution in [0.15, 0.2) is 47.3 Å². The monoisotopic (exact) mass is 421 g/mol. The van der Waals surface area contributed by atoms with E-state index < -0.39 is 0 Å². The van der Waals surface area contributed by atoms with Crippen LogP contribution < -0.4 is 10.5 Å². The van der Waals surface area contributed by atoms with E-state index in [4.69, 9.17) is 0 Å². The molecule has 4 rings (SSSR count). The number of rotatable bonds is 4. The Morgan fingerprint density at radius 1 is 1.26 bits per heavy atom. The van der Waals surface area contributed by atoms with Crippen molar-refractivity contribution in [1.29, 1.82) is 5.26 Å². The molecule has 1 N–H and O–H groups in total. The lowest BCUT2D eigenvalue weighted by molar-refractivity contribution is 0.0801. The van der Waals surface area contributed by atoms with Gasteiger partial charge in [-0.3, -0.25) is 9.69 Å². The second-order valence-electron chi connectivity index (χ2n) is 7.89. The maximum absolute atomic E-state index is 13.3. The average molecular weight is 421 g/mol. The molecule has 0 bridgehead atoms. The van der Waals surface area contributed by atoms with E-state index >= 15 is 0 Å². The topological polar surface area (TPSA) is 85.4 Å². The van der Waals surface area contributed by atoms with Crippen molar-refractivity contribution in [1.82, 2.24) is 14.5 Å². The highest BCUT2D eigenvalue weighted by atomic mass is 19.1. The van der Waals surface area contributed by atoms with Crippen LogP contribution in [-0.4, -0.2) is 51.8 Å². The van der Waals surface area contributed by atoms with Crippen LogP contribution in [0.1, 0.15) is 24.2 Å². The lowest BCUT2D eigenvalue weighted by Gasteiger charge is -2.44.